The van der Waals surface area contributed by atoms with Crippen LogP contribution < -0.4 is 4.74 Å². The Balaban J connectivity index is 2.32. The summed E-state index contributed by atoms with van der Waals surface area (Å²) < 4.78 is 10.2. The molecule has 3 nitrogen and oxygen atoms in total. The second-order valence-corrected chi connectivity index (χ2v) is 3.94. The molecule has 0 saturated heterocycles. The molecule has 0 aliphatic carbocycles. The van der Waals surface area contributed by atoms with Crippen LogP contribution in [0.15, 0.2) is 36.9 Å². The monoisotopic (exact) mass is 234 g/mol. The standard InChI is InChI=1S/C14H18O3/c1-4-14(15)17-10-9-16-13-7-5-12(6-8-13)11(2)3/h4-8,11H,1,9-10H2,2-3H3. The highest BCUT2D eigenvalue weighted by atomic mass is 16.6. The molecule has 17 heavy (non-hydrogen) atoms. The van der Waals surface area contributed by atoms with Gasteiger partial charge in [0.2, 0.25) is 0 Å². The molecule has 1 rings (SSSR count). The minimum Gasteiger partial charge on any atom is -0.490 e. The second kappa shape index (κ2) is 6.74. The lowest BCUT2D eigenvalue weighted by molar-refractivity contribution is -0.138. The normalized spacial score (nSPS) is 10.1. The van der Waals surface area contributed by atoms with Gasteiger partial charge in [0.1, 0.15) is 19.0 Å². The van der Waals surface area contributed by atoms with Gasteiger partial charge in [-0.05, 0) is 23.6 Å². The third-order valence-corrected chi connectivity index (χ3v) is 2.31. The van der Waals surface area contributed by atoms with Crippen LogP contribution in [0.3, 0.4) is 0 Å². The molecule has 0 aromatic heterocycles. The molecule has 0 unspecified atom stereocenters. The van der Waals surface area contributed by atoms with Gasteiger partial charge in [-0.15, -0.1) is 0 Å². The first kappa shape index (κ1) is 13.3. The molecule has 92 valence electrons. The van der Waals surface area contributed by atoms with E-state index in [0.717, 1.165) is 11.8 Å². The third kappa shape index (κ3) is 4.72. The minimum absolute atomic E-state index is 0.233. The Labute approximate surface area is 102 Å². The molecule has 0 spiro atoms. The highest BCUT2D eigenvalue weighted by Crippen LogP contribution is 2.18. The average molecular weight is 234 g/mol. The molecule has 0 N–H and O–H groups in total. The Hall–Kier alpha value is -1.77. The fourth-order valence-electron chi connectivity index (χ4n) is 1.31. The van der Waals surface area contributed by atoms with Gasteiger partial charge >= 0.3 is 5.97 Å². The van der Waals surface area contributed by atoms with Gasteiger partial charge in [-0.25, -0.2) is 4.79 Å². The van der Waals surface area contributed by atoms with Crippen molar-refractivity contribution in [3.63, 3.8) is 0 Å². The van der Waals surface area contributed by atoms with E-state index < -0.39 is 5.97 Å². The van der Waals surface area contributed by atoms with Crippen LogP contribution in [-0.4, -0.2) is 19.2 Å². The molecule has 0 aliphatic rings. The SMILES string of the molecule is C=CC(=O)OCCOc1ccc(C(C)C)cc1. The van der Waals surface area contributed by atoms with Crippen LogP contribution in [0.25, 0.3) is 0 Å². The van der Waals surface area contributed by atoms with Crippen molar-refractivity contribution in [2.75, 3.05) is 13.2 Å². The molecule has 0 bridgehead atoms. The Morgan fingerprint density at radius 2 is 1.94 bits per heavy atom. The van der Waals surface area contributed by atoms with Crippen LogP contribution in [0.1, 0.15) is 25.3 Å². The minimum atomic E-state index is -0.427. The van der Waals surface area contributed by atoms with Gasteiger partial charge in [0, 0.05) is 6.08 Å². The zero-order valence-corrected chi connectivity index (χ0v) is 10.3. The van der Waals surface area contributed by atoms with E-state index >= 15 is 0 Å². The zero-order valence-electron chi connectivity index (χ0n) is 10.3. The summed E-state index contributed by atoms with van der Waals surface area (Å²) in [4.78, 5) is 10.7. The molecule has 0 heterocycles. The van der Waals surface area contributed by atoms with E-state index in [2.05, 4.69) is 20.4 Å². The first-order chi connectivity index (χ1) is 8.13. The summed E-state index contributed by atoms with van der Waals surface area (Å²) in [6.07, 6.45) is 1.14. The molecule has 0 radical (unpaired) electrons. The first-order valence-electron chi connectivity index (χ1n) is 5.65. The van der Waals surface area contributed by atoms with Crippen molar-refractivity contribution in [3.8, 4) is 5.75 Å². The van der Waals surface area contributed by atoms with E-state index in [1.165, 1.54) is 5.56 Å². The summed E-state index contributed by atoms with van der Waals surface area (Å²) in [5, 5.41) is 0. The summed E-state index contributed by atoms with van der Waals surface area (Å²) in [5.41, 5.74) is 1.27. The fourth-order valence-corrected chi connectivity index (χ4v) is 1.31. The Morgan fingerprint density at radius 1 is 1.29 bits per heavy atom. The Kier molecular flexibility index (Phi) is 5.27. The number of carbonyl (C=O) groups is 1. The van der Waals surface area contributed by atoms with Crippen molar-refractivity contribution in [2.24, 2.45) is 0 Å². The Bertz CT molecular complexity index is 366. The van der Waals surface area contributed by atoms with Crippen LogP contribution in [0.4, 0.5) is 0 Å². The van der Waals surface area contributed by atoms with Gasteiger partial charge < -0.3 is 9.47 Å². The van der Waals surface area contributed by atoms with Crippen LogP contribution in [0.5, 0.6) is 5.75 Å². The quantitative estimate of drug-likeness (QED) is 0.431. The lowest BCUT2D eigenvalue weighted by Crippen LogP contribution is -2.10. The van der Waals surface area contributed by atoms with Gasteiger partial charge in [0.25, 0.3) is 0 Å². The van der Waals surface area contributed by atoms with Gasteiger partial charge in [0.05, 0.1) is 0 Å². The highest BCUT2D eigenvalue weighted by molar-refractivity contribution is 5.81. The van der Waals surface area contributed by atoms with Gasteiger partial charge in [-0.1, -0.05) is 32.6 Å². The topological polar surface area (TPSA) is 35.5 Å². The van der Waals surface area contributed by atoms with Crippen molar-refractivity contribution in [2.45, 2.75) is 19.8 Å². The summed E-state index contributed by atoms with van der Waals surface area (Å²) in [5.74, 6) is 0.866. The lowest BCUT2D eigenvalue weighted by Gasteiger charge is -2.08. The highest BCUT2D eigenvalue weighted by Gasteiger charge is 2.00. The fraction of sp³-hybridized carbons (Fsp3) is 0.357. The molecular formula is C14H18O3. The Morgan fingerprint density at radius 3 is 2.47 bits per heavy atom. The van der Waals surface area contributed by atoms with Crippen molar-refractivity contribution >= 4 is 5.97 Å². The second-order valence-electron chi connectivity index (χ2n) is 3.94. The summed E-state index contributed by atoms with van der Waals surface area (Å²) in [6.45, 7) is 8.18. The number of hydrogen-bond acceptors (Lipinski definition) is 3. The maximum absolute atomic E-state index is 10.7. The number of ether oxygens (including phenoxy) is 2. The molecule has 1 aromatic carbocycles. The summed E-state index contributed by atoms with van der Waals surface area (Å²) in [7, 11) is 0. The van der Waals surface area contributed by atoms with Crippen LogP contribution >= 0.6 is 0 Å². The van der Waals surface area contributed by atoms with Gasteiger partial charge in [0.15, 0.2) is 0 Å². The average Bonchev–Trinajstić information content (AvgIpc) is 2.34. The summed E-state index contributed by atoms with van der Waals surface area (Å²) >= 11 is 0. The number of benzene rings is 1. The van der Waals surface area contributed by atoms with Crippen LogP contribution in [0.2, 0.25) is 0 Å². The van der Waals surface area contributed by atoms with E-state index in [1.54, 1.807) is 0 Å². The molecule has 0 aliphatic heterocycles. The maximum Gasteiger partial charge on any atom is 0.330 e. The summed E-state index contributed by atoms with van der Waals surface area (Å²) in [6, 6.07) is 7.92. The first-order valence-corrected chi connectivity index (χ1v) is 5.65. The molecule has 3 heteroatoms. The van der Waals surface area contributed by atoms with Crippen molar-refractivity contribution in [3.05, 3.63) is 42.5 Å². The van der Waals surface area contributed by atoms with Crippen LogP contribution in [0, 0.1) is 0 Å². The van der Waals surface area contributed by atoms with Gasteiger partial charge in [-0.3, -0.25) is 0 Å². The van der Waals surface area contributed by atoms with Crippen molar-refractivity contribution in [1.29, 1.82) is 0 Å². The number of hydrogen-bond donors (Lipinski definition) is 0. The largest absolute Gasteiger partial charge is 0.490 e. The van der Waals surface area contributed by atoms with Crippen molar-refractivity contribution < 1.29 is 14.3 Å². The van der Waals surface area contributed by atoms with Crippen molar-refractivity contribution in [1.82, 2.24) is 0 Å². The number of carbonyl (C=O) groups excluding carboxylic acids is 1. The van der Waals surface area contributed by atoms with E-state index in [0.29, 0.717) is 12.5 Å². The smallest absolute Gasteiger partial charge is 0.330 e. The predicted molar refractivity (Wildman–Crippen MR) is 67.2 cm³/mol. The number of esters is 1. The molecule has 0 saturated carbocycles. The van der Waals surface area contributed by atoms with E-state index in [-0.39, 0.29) is 6.61 Å². The number of rotatable bonds is 6. The maximum atomic E-state index is 10.7. The van der Waals surface area contributed by atoms with E-state index in [4.69, 9.17) is 9.47 Å². The van der Waals surface area contributed by atoms with Crippen LogP contribution in [-0.2, 0) is 9.53 Å². The predicted octanol–water partition coefficient (Wildman–Crippen LogP) is 2.92. The molecular weight excluding hydrogens is 216 g/mol. The lowest BCUT2D eigenvalue weighted by atomic mass is 10.0. The molecule has 0 amide bonds. The molecule has 0 atom stereocenters. The zero-order chi connectivity index (χ0) is 12.7. The molecule has 1 aromatic rings. The van der Waals surface area contributed by atoms with E-state index in [9.17, 15) is 4.79 Å². The van der Waals surface area contributed by atoms with E-state index in [1.807, 2.05) is 24.3 Å². The third-order valence-electron chi connectivity index (χ3n) is 2.31. The molecule has 0 fully saturated rings. The van der Waals surface area contributed by atoms with Gasteiger partial charge in [-0.2, -0.15) is 0 Å².